The van der Waals surface area contributed by atoms with E-state index in [1.165, 1.54) is 6.92 Å². The normalized spacial score (nSPS) is 19.1. The van der Waals surface area contributed by atoms with Crippen molar-refractivity contribution in [2.45, 2.75) is 19.4 Å². The van der Waals surface area contributed by atoms with Crippen LogP contribution in [0.15, 0.2) is 0 Å². The predicted molar refractivity (Wildman–Crippen MR) is 50.8 cm³/mol. The third kappa shape index (κ3) is 3.08. The molecule has 1 aliphatic rings. The van der Waals surface area contributed by atoms with Gasteiger partial charge in [-0.05, 0) is 6.92 Å². The number of piperazine rings is 1. The zero-order valence-corrected chi connectivity index (χ0v) is 8.32. The smallest absolute Gasteiger partial charge is 0.251 e. The highest BCUT2D eigenvalue weighted by Crippen LogP contribution is 2.01. The van der Waals surface area contributed by atoms with E-state index in [1.807, 2.05) is 0 Å². The number of Topliss-reactive ketones (excluding diaryl/α,β-unsaturated/α-hetero) is 1. The molecule has 0 radical (unpaired) electrons. The summed E-state index contributed by atoms with van der Waals surface area (Å²) in [5.41, 5.74) is 0. The lowest BCUT2D eigenvalue weighted by molar-refractivity contribution is -0.143. The van der Waals surface area contributed by atoms with Gasteiger partial charge in [-0.1, -0.05) is 0 Å². The molecule has 14 heavy (non-hydrogen) atoms. The molecule has 5 nitrogen and oxygen atoms in total. The first-order valence-corrected chi connectivity index (χ1v) is 4.78. The van der Waals surface area contributed by atoms with E-state index in [0.717, 1.165) is 13.1 Å². The Kier molecular flexibility index (Phi) is 4.03. The van der Waals surface area contributed by atoms with Crippen LogP contribution < -0.4 is 5.32 Å². The Hall–Kier alpha value is -0.940. The van der Waals surface area contributed by atoms with Crippen molar-refractivity contribution in [3.05, 3.63) is 0 Å². The third-order valence-corrected chi connectivity index (χ3v) is 2.19. The van der Waals surface area contributed by atoms with Gasteiger partial charge in [0.05, 0.1) is 0 Å². The van der Waals surface area contributed by atoms with Crippen molar-refractivity contribution in [3.63, 3.8) is 0 Å². The van der Waals surface area contributed by atoms with Crippen LogP contribution in [0, 0.1) is 0 Å². The van der Waals surface area contributed by atoms with Crippen LogP contribution in [-0.2, 0) is 9.59 Å². The standard InChI is InChI=1S/C9H16N2O3/c1-7(12)6-8(13)9(14)11-4-2-10-3-5-11/h8,10,13H,2-6H2,1H3/t8-/m1/s1. The summed E-state index contributed by atoms with van der Waals surface area (Å²) < 4.78 is 0. The molecule has 0 unspecified atom stereocenters. The van der Waals surface area contributed by atoms with E-state index in [0.29, 0.717) is 13.1 Å². The molecule has 1 rings (SSSR count). The third-order valence-electron chi connectivity index (χ3n) is 2.19. The summed E-state index contributed by atoms with van der Waals surface area (Å²) in [6.07, 6.45) is -1.24. The summed E-state index contributed by atoms with van der Waals surface area (Å²) in [7, 11) is 0. The van der Waals surface area contributed by atoms with Crippen LogP contribution in [0.4, 0.5) is 0 Å². The molecule has 1 atom stereocenters. The lowest BCUT2D eigenvalue weighted by atomic mass is 10.1. The van der Waals surface area contributed by atoms with Gasteiger partial charge in [-0.2, -0.15) is 0 Å². The molecule has 0 aromatic heterocycles. The number of rotatable bonds is 3. The van der Waals surface area contributed by atoms with E-state index in [9.17, 15) is 14.7 Å². The van der Waals surface area contributed by atoms with Crippen molar-refractivity contribution in [3.8, 4) is 0 Å². The van der Waals surface area contributed by atoms with Crippen LogP contribution in [0.1, 0.15) is 13.3 Å². The highest BCUT2D eigenvalue weighted by Gasteiger charge is 2.24. The van der Waals surface area contributed by atoms with E-state index < -0.39 is 6.10 Å². The number of nitrogens with one attached hydrogen (secondary N) is 1. The van der Waals surface area contributed by atoms with Gasteiger partial charge in [0.1, 0.15) is 11.9 Å². The molecule has 0 bridgehead atoms. The molecule has 1 aliphatic heterocycles. The minimum Gasteiger partial charge on any atom is -0.383 e. The van der Waals surface area contributed by atoms with Crippen molar-refractivity contribution < 1.29 is 14.7 Å². The van der Waals surface area contributed by atoms with Crippen LogP contribution in [0.3, 0.4) is 0 Å². The second-order valence-electron chi connectivity index (χ2n) is 3.50. The van der Waals surface area contributed by atoms with Gasteiger partial charge in [-0.25, -0.2) is 0 Å². The second kappa shape index (κ2) is 5.07. The molecule has 80 valence electrons. The van der Waals surface area contributed by atoms with E-state index in [4.69, 9.17) is 0 Å². The molecule has 1 fully saturated rings. The average molecular weight is 200 g/mol. The number of aliphatic hydroxyl groups is 1. The molecule has 1 heterocycles. The van der Waals surface area contributed by atoms with Gasteiger partial charge in [0, 0.05) is 32.6 Å². The summed E-state index contributed by atoms with van der Waals surface area (Å²) >= 11 is 0. The van der Waals surface area contributed by atoms with E-state index >= 15 is 0 Å². The second-order valence-corrected chi connectivity index (χ2v) is 3.50. The molecule has 0 aliphatic carbocycles. The zero-order valence-electron chi connectivity index (χ0n) is 8.32. The van der Waals surface area contributed by atoms with Crippen LogP contribution in [0.25, 0.3) is 0 Å². The summed E-state index contributed by atoms with van der Waals surface area (Å²) in [4.78, 5) is 23.8. The Labute approximate surface area is 83.1 Å². The molecule has 1 amide bonds. The maximum atomic E-state index is 11.5. The van der Waals surface area contributed by atoms with Crippen molar-refractivity contribution in [1.82, 2.24) is 10.2 Å². The van der Waals surface area contributed by atoms with Crippen LogP contribution in [0.5, 0.6) is 0 Å². The predicted octanol–water partition coefficient (Wildman–Crippen LogP) is -1.24. The van der Waals surface area contributed by atoms with Gasteiger partial charge in [-0.15, -0.1) is 0 Å². The average Bonchev–Trinajstić information content (AvgIpc) is 2.17. The first-order valence-electron chi connectivity index (χ1n) is 4.78. The van der Waals surface area contributed by atoms with Crippen LogP contribution >= 0.6 is 0 Å². The molecular formula is C9H16N2O3. The summed E-state index contributed by atoms with van der Waals surface area (Å²) in [6.45, 7) is 4.08. The molecule has 5 heteroatoms. The quantitative estimate of drug-likeness (QED) is 0.598. The van der Waals surface area contributed by atoms with Gasteiger partial charge in [0.25, 0.3) is 5.91 Å². The van der Waals surface area contributed by atoms with E-state index in [2.05, 4.69) is 5.32 Å². The SMILES string of the molecule is CC(=O)C[C@@H](O)C(=O)N1CCNCC1. The molecule has 0 aromatic carbocycles. The van der Waals surface area contributed by atoms with Gasteiger partial charge >= 0.3 is 0 Å². The molecule has 0 aromatic rings. The van der Waals surface area contributed by atoms with E-state index in [1.54, 1.807) is 4.90 Å². The van der Waals surface area contributed by atoms with Crippen LogP contribution in [0.2, 0.25) is 0 Å². The van der Waals surface area contributed by atoms with Gasteiger partial charge < -0.3 is 15.3 Å². The van der Waals surface area contributed by atoms with Crippen molar-refractivity contribution in [2.75, 3.05) is 26.2 Å². The molecule has 0 saturated carbocycles. The number of carbonyl (C=O) groups is 2. The number of nitrogens with zero attached hydrogens (tertiary/aromatic N) is 1. The maximum absolute atomic E-state index is 11.5. The fraction of sp³-hybridized carbons (Fsp3) is 0.778. The minimum absolute atomic E-state index is 0.0806. The summed E-state index contributed by atoms with van der Waals surface area (Å²) in [6, 6.07) is 0. The largest absolute Gasteiger partial charge is 0.383 e. The fourth-order valence-corrected chi connectivity index (χ4v) is 1.46. The van der Waals surface area contributed by atoms with Crippen molar-refractivity contribution >= 4 is 11.7 Å². The zero-order chi connectivity index (χ0) is 10.6. The minimum atomic E-state index is -1.16. The van der Waals surface area contributed by atoms with Gasteiger partial charge in [0.15, 0.2) is 0 Å². The molecule has 0 spiro atoms. The molecular weight excluding hydrogens is 184 g/mol. The Bertz CT molecular complexity index is 224. The maximum Gasteiger partial charge on any atom is 0.251 e. The molecule has 1 saturated heterocycles. The van der Waals surface area contributed by atoms with Crippen LogP contribution in [-0.4, -0.2) is 54.0 Å². The first kappa shape index (κ1) is 11.1. The highest BCUT2D eigenvalue weighted by atomic mass is 16.3. The number of hydrogen-bond donors (Lipinski definition) is 2. The summed E-state index contributed by atoms with van der Waals surface area (Å²) in [5.74, 6) is -0.498. The first-order chi connectivity index (χ1) is 6.61. The number of carbonyl (C=O) groups excluding carboxylic acids is 2. The highest BCUT2D eigenvalue weighted by molar-refractivity contribution is 5.87. The lowest BCUT2D eigenvalue weighted by Gasteiger charge is -2.28. The van der Waals surface area contributed by atoms with Crippen molar-refractivity contribution in [1.29, 1.82) is 0 Å². The van der Waals surface area contributed by atoms with Crippen molar-refractivity contribution in [2.24, 2.45) is 0 Å². The molecule has 2 N–H and O–H groups in total. The van der Waals surface area contributed by atoms with Gasteiger partial charge in [0.2, 0.25) is 0 Å². The Morgan fingerprint density at radius 3 is 2.50 bits per heavy atom. The van der Waals surface area contributed by atoms with E-state index in [-0.39, 0.29) is 18.1 Å². The fourth-order valence-electron chi connectivity index (χ4n) is 1.46. The number of ketones is 1. The lowest BCUT2D eigenvalue weighted by Crippen LogP contribution is -2.50. The number of amides is 1. The number of aliphatic hydroxyl groups excluding tert-OH is 1. The van der Waals surface area contributed by atoms with Gasteiger partial charge in [-0.3, -0.25) is 9.59 Å². The number of hydrogen-bond acceptors (Lipinski definition) is 4. The Morgan fingerprint density at radius 1 is 1.43 bits per heavy atom. The Balaban J connectivity index is 2.42. The Morgan fingerprint density at radius 2 is 2.00 bits per heavy atom. The monoisotopic (exact) mass is 200 g/mol. The topological polar surface area (TPSA) is 69.6 Å². The summed E-state index contributed by atoms with van der Waals surface area (Å²) in [5, 5.41) is 12.5.